The van der Waals surface area contributed by atoms with Gasteiger partial charge in [0.15, 0.2) is 0 Å². The fraction of sp³-hybridized carbons (Fsp3) is 0.667. The normalized spacial score (nSPS) is 12.5. The highest BCUT2D eigenvalue weighted by molar-refractivity contribution is 5.79. The zero-order valence-corrected chi connectivity index (χ0v) is 10.6. The molecule has 0 saturated carbocycles. The van der Waals surface area contributed by atoms with Crippen LogP contribution in [-0.2, 0) is 24.1 Å². The van der Waals surface area contributed by atoms with E-state index in [1.807, 2.05) is 13.8 Å². The van der Waals surface area contributed by atoms with E-state index in [0.29, 0.717) is 0 Å². The molecule has 0 aliphatic heterocycles. The minimum absolute atomic E-state index is 0.0589. The number of aryl methyl sites for hydroxylation is 2. The second-order valence-electron chi connectivity index (χ2n) is 4.07. The van der Waals surface area contributed by atoms with Crippen molar-refractivity contribution in [2.45, 2.75) is 46.1 Å². The van der Waals surface area contributed by atoms with Gasteiger partial charge in [-0.15, -0.1) is 0 Å². The summed E-state index contributed by atoms with van der Waals surface area (Å²) in [6.45, 7) is 5.65. The number of hydrogen-bond donors (Lipinski definition) is 2. The van der Waals surface area contributed by atoms with Crippen molar-refractivity contribution in [2.75, 3.05) is 6.61 Å². The largest absolute Gasteiger partial charge is 0.394 e. The summed E-state index contributed by atoms with van der Waals surface area (Å²) in [5.41, 5.74) is 1.73. The maximum absolute atomic E-state index is 11.7. The van der Waals surface area contributed by atoms with Crippen molar-refractivity contribution in [3.63, 3.8) is 0 Å². The van der Waals surface area contributed by atoms with Crippen LogP contribution in [0.4, 0.5) is 0 Å². The molecule has 1 rings (SSSR count). The van der Waals surface area contributed by atoms with Gasteiger partial charge < -0.3 is 14.9 Å². The summed E-state index contributed by atoms with van der Waals surface area (Å²) in [7, 11) is 0. The Kier molecular flexibility index (Phi) is 5.15. The van der Waals surface area contributed by atoms with E-state index in [1.165, 1.54) is 0 Å². The minimum atomic E-state index is -0.225. The van der Waals surface area contributed by atoms with Crippen molar-refractivity contribution < 1.29 is 14.4 Å². The van der Waals surface area contributed by atoms with Crippen LogP contribution >= 0.6 is 0 Å². The fourth-order valence-corrected chi connectivity index (χ4v) is 1.67. The van der Waals surface area contributed by atoms with Gasteiger partial charge in [-0.25, -0.2) is 0 Å². The molecule has 5 nitrogen and oxygen atoms in total. The molecule has 2 N–H and O–H groups in total. The molecule has 0 radical (unpaired) electrons. The van der Waals surface area contributed by atoms with Gasteiger partial charge >= 0.3 is 0 Å². The maximum Gasteiger partial charge on any atom is 0.224 e. The molecule has 0 saturated heterocycles. The number of hydrogen-bond acceptors (Lipinski definition) is 4. The summed E-state index contributed by atoms with van der Waals surface area (Å²) < 4.78 is 5.19. The van der Waals surface area contributed by atoms with Crippen molar-refractivity contribution in [1.29, 1.82) is 0 Å². The lowest BCUT2D eigenvalue weighted by Crippen LogP contribution is -2.36. The Morgan fingerprint density at radius 3 is 2.71 bits per heavy atom. The maximum atomic E-state index is 11.7. The van der Waals surface area contributed by atoms with Gasteiger partial charge in [0.05, 0.1) is 18.7 Å². The molecule has 1 unspecified atom stereocenters. The Balaban J connectivity index is 2.72. The molecule has 0 spiro atoms. The molecule has 0 bridgehead atoms. The molecule has 0 fully saturated rings. The topological polar surface area (TPSA) is 75.4 Å². The van der Waals surface area contributed by atoms with E-state index < -0.39 is 0 Å². The Labute approximate surface area is 101 Å². The summed E-state index contributed by atoms with van der Waals surface area (Å²) >= 11 is 0. The van der Waals surface area contributed by atoms with Gasteiger partial charge in [0.2, 0.25) is 5.91 Å². The van der Waals surface area contributed by atoms with Crippen molar-refractivity contribution in [3.05, 3.63) is 17.0 Å². The molecule has 1 aromatic heterocycles. The van der Waals surface area contributed by atoms with E-state index in [0.717, 1.165) is 29.9 Å². The molecular formula is C12H20N2O3. The van der Waals surface area contributed by atoms with Crippen LogP contribution in [0.5, 0.6) is 0 Å². The summed E-state index contributed by atoms with van der Waals surface area (Å²) in [5.74, 6) is 0.660. The van der Waals surface area contributed by atoms with Gasteiger partial charge in [0.25, 0.3) is 0 Å². The zero-order valence-electron chi connectivity index (χ0n) is 10.6. The molecule has 96 valence electrons. The van der Waals surface area contributed by atoms with Gasteiger partial charge in [0.1, 0.15) is 5.76 Å². The van der Waals surface area contributed by atoms with Crippen LogP contribution in [-0.4, -0.2) is 28.8 Å². The fourth-order valence-electron chi connectivity index (χ4n) is 1.67. The summed E-state index contributed by atoms with van der Waals surface area (Å²) in [4.78, 5) is 11.7. The average Bonchev–Trinajstić information content (AvgIpc) is 2.70. The van der Waals surface area contributed by atoms with Gasteiger partial charge in [-0.3, -0.25) is 4.79 Å². The number of carbonyl (C=O) groups excluding carboxylic acids is 1. The Morgan fingerprint density at radius 1 is 1.47 bits per heavy atom. The van der Waals surface area contributed by atoms with Crippen LogP contribution in [0.25, 0.3) is 0 Å². The third kappa shape index (κ3) is 3.56. The summed E-state index contributed by atoms with van der Waals surface area (Å²) in [6, 6.07) is -0.225. The highest BCUT2D eigenvalue weighted by Crippen LogP contribution is 2.16. The van der Waals surface area contributed by atoms with Crippen LogP contribution in [0.2, 0.25) is 0 Å². The van der Waals surface area contributed by atoms with E-state index in [2.05, 4.69) is 10.5 Å². The quantitative estimate of drug-likeness (QED) is 0.772. The first-order chi connectivity index (χ1) is 8.12. The summed E-state index contributed by atoms with van der Waals surface area (Å²) in [5, 5.41) is 15.5. The van der Waals surface area contributed by atoms with Crippen molar-refractivity contribution in [1.82, 2.24) is 10.5 Å². The molecule has 17 heavy (non-hydrogen) atoms. The Bertz CT molecular complexity index is 352. The first-order valence-corrected chi connectivity index (χ1v) is 5.98. The average molecular weight is 240 g/mol. The summed E-state index contributed by atoms with van der Waals surface area (Å²) in [6.07, 6.45) is 1.74. The van der Waals surface area contributed by atoms with Crippen LogP contribution in [0.3, 0.4) is 0 Å². The van der Waals surface area contributed by atoms with Gasteiger partial charge in [-0.1, -0.05) is 19.0 Å². The lowest BCUT2D eigenvalue weighted by atomic mass is 10.1. The number of rotatable bonds is 6. The number of carbonyl (C=O) groups is 1. The SMILES string of the molecule is CCc1noc(CC)c1CC(=O)NC(C)CO. The van der Waals surface area contributed by atoms with E-state index in [1.54, 1.807) is 6.92 Å². The second kappa shape index (κ2) is 6.39. The predicted octanol–water partition coefficient (Wildman–Crippen LogP) is 0.839. The number of aromatic nitrogens is 1. The first-order valence-electron chi connectivity index (χ1n) is 5.98. The van der Waals surface area contributed by atoms with E-state index in [-0.39, 0.29) is 25.0 Å². The number of nitrogens with one attached hydrogen (secondary N) is 1. The third-order valence-electron chi connectivity index (χ3n) is 2.63. The zero-order chi connectivity index (χ0) is 12.8. The molecular weight excluding hydrogens is 220 g/mol. The highest BCUT2D eigenvalue weighted by atomic mass is 16.5. The van der Waals surface area contributed by atoms with E-state index in [9.17, 15) is 4.79 Å². The smallest absolute Gasteiger partial charge is 0.224 e. The van der Waals surface area contributed by atoms with Crippen LogP contribution < -0.4 is 5.32 Å². The molecule has 0 aliphatic rings. The number of nitrogens with zero attached hydrogens (tertiary/aromatic N) is 1. The van der Waals surface area contributed by atoms with Crippen molar-refractivity contribution in [2.24, 2.45) is 0 Å². The monoisotopic (exact) mass is 240 g/mol. The predicted molar refractivity (Wildman–Crippen MR) is 63.7 cm³/mol. The molecule has 1 aromatic rings. The highest BCUT2D eigenvalue weighted by Gasteiger charge is 2.17. The van der Waals surface area contributed by atoms with Gasteiger partial charge in [-0.05, 0) is 13.3 Å². The van der Waals surface area contributed by atoms with Crippen LogP contribution in [0.15, 0.2) is 4.52 Å². The molecule has 0 aromatic carbocycles. The van der Waals surface area contributed by atoms with E-state index >= 15 is 0 Å². The number of aliphatic hydroxyl groups is 1. The Morgan fingerprint density at radius 2 is 2.18 bits per heavy atom. The number of aliphatic hydroxyl groups excluding tert-OH is 1. The third-order valence-corrected chi connectivity index (χ3v) is 2.63. The molecule has 1 amide bonds. The van der Waals surface area contributed by atoms with Crippen molar-refractivity contribution >= 4 is 5.91 Å². The molecule has 1 atom stereocenters. The first kappa shape index (κ1) is 13.7. The standard InChI is InChI=1S/C12H20N2O3/c1-4-10-9(11(5-2)17-14-10)6-12(16)13-8(3)7-15/h8,15H,4-7H2,1-3H3,(H,13,16). The lowest BCUT2D eigenvalue weighted by molar-refractivity contribution is -0.121. The Hall–Kier alpha value is -1.36. The molecule has 0 aliphatic carbocycles. The second-order valence-corrected chi connectivity index (χ2v) is 4.07. The lowest BCUT2D eigenvalue weighted by Gasteiger charge is -2.10. The van der Waals surface area contributed by atoms with Gasteiger partial charge in [-0.2, -0.15) is 0 Å². The van der Waals surface area contributed by atoms with E-state index in [4.69, 9.17) is 9.63 Å². The molecule has 1 heterocycles. The minimum Gasteiger partial charge on any atom is -0.394 e. The van der Waals surface area contributed by atoms with Crippen molar-refractivity contribution in [3.8, 4) is 0 Å². The molecule has 5 heteroatoms. The van der Waals surface area contributed by atoms with Gasteiger partial charge in [0, 0.05) is 18.0 Å². The number of amides is 1. The van der Waals surface area contributed by atoms with Crippen LogP contribution in [0.1, 0.15) is 37.8 Å². The van der Waals surface area contributed by atoms with Crippen LogP contribution in [0, 0.1) is 0 Å².